The van der Waals surface area contributed by atoms with Crippen LogP contribution in [-0.4, -0.2) is 45.0 Å². The second-order valence-electron chi connectivity index (χ2n) is 3.74. The summed E-state index contributed by atoms with van der Waals surface area (Å²) >= 11 is 0. The van der Waals surface area contributed by atoms with Crippen LogP contribution in [0.3, 0.4) is 0 Å². The molecule has 1 aliphatic rings. The number of nitrogens with zero attached hydrogens (tertiary/aromatic N) is 1. The maximum absolute atomic E-state index is 11.2. The van der Waals surface area contributed by atoms with Crippen LogP contribution < -0.4 is 10.6 Å². The molecule has 0 radical (unpaired) electrons. The van der Waals surface area contributed by atoms with Crippen molar-refractivity contribution in [3.05, 3.63) is 0 Å². The molecule has 0 aromatic carbocycles. The number of rotatable bonds is 5. The number of hydrogen-bond donors (Lipinski definition) is 2. The monoisotopic (exact) mass is 245 g/mol. The van der Waals surface area contributed by atoms with E-state index in [2.05, 4.69) is 10.6 Å². The Labute approximate surface area is 94.9 Å². The van der Waals surface area contributed by atoms with Gasteiger partial charge in [0.05, 0.1) is 30.5 Å². The molecule has 0 aromatic rings. The molecule has 0 bridgehead atoms. The highest BCUT2D eigenvalue weighted by Crippen LogP contribution is 2.10. The third-order valence-corrected chi connectivity index (χ3v) is 4.11. The van der Waals surface area contributed by atoms with E-state index >= 15 is 0 Å². The Morgan fingerprint density at radius 3 is 2.81 bits per heavy atom. The number of nitriles is 1. The number of nitrogens with one attached hydrogen (secondary N) is 2. The van der Waals surface area contributed by atoms with E-state index in [0.717, 1.165) is 0 Å². The average molecular weight is 245 g/mol. The average Bonchev–Trinajstić information content (AvgIpc) is 2.56. The summed E-state index contributed by atoms with van der Waals surface area (Å²) in [5, 5.41) is 13.7. The van der Waals surface area contributed by atoms with E-state index in [9.17, 15) is 13.2 Å². The summed E-state index contributed by atoms with van der Waals surface area (Å²) in [7, 11) is -2.90. The predicted octanol–water partition coefficient (Wildman–Crippen LogP) is -1.21. The van der Waals surface area contributed by atoms with Gasteiger partial charge in [-0.25, -0.2) is 8.42 Å². The molecule has 2 N–H and O–H groups in total. The second-order valence-corrected chi connectivity index (χ2v) is 5.97. The van der Waals surface area contributed by atoms with Gasteiger partial charge in [0.2, 0.25) is 5.91 Å². The first kappa shape index (κ1) is 12.9. The molecule has 1 heterocycles. The Bertz CT molecular complexity index is 385. The van der Waals surface area contributed by atoms with Crippen molar-refractivity contribution in [1.29, 1.82) is 5.26 Å². The Kier molecular flexibility index (Phi) is 4.71. The molecule has 1 saturated heterocycles. The summed E-state index contributed by atoms with van der Waals surface area (Å²) in [5.74, 6) is 0.0960. The van der Waals surface area contributed by atoms with Gasteiger partial charge in [0.25, 0.3) is 0 Å². The quantitative estimate of drug-likeness (QED) is 0.592. The summed E-state index contributed by atoms with van der Waals surface area (Å²) in [6.07, 6.45) is 0.845. The minimum atomic E-state index is -2.90. The van der Waals surface area contributed by atoms with Crippen molar-refractivity contribution in [2.24, 2.45) is 0 Å². The van der Waals surface area contributed by atoms with E-state index in [4.69, 9.17) is 5.26 Å². The molecule has 0 spiro atoms. The molecule has 1 aliphatic heterocycles. The first-order chi connectivity index (χ1) is 7.53. The van der Waals surface area contributed by atoms with E-state index < -0.39 is 9.84 Å². The zero-order chi connectivity index (χ0) is 12.0. The van der Waals surface area contributed by atoms with Crippen LogP contribution in [0.1, 0.15) is 12.8 Å². The van der Waals surface area contributed by atoms with Crippen LogP contribution in [-0.2, 0) is 14.6 Å². The largest absolute Gasteiger partial charge is 0.354 e. The number of carbonyl (C=O) groups excluding carboxylic acids is 1. The lowest BCUT2D eigenvalue weighted by molar-refractivity contribution is -0.120. The third kappa shape index (κ3) is 4.59. The molecule has 1 unspecified atom stereocenters. The number of amides is 1. The van der Waals surface area contributed by atoms with E-state index in [1.54, 1.807) is 0 Å². The highest BCUT2D eigenvalue weighted by Gasteiger charge is 2.27. The van der Waals surface area contributed by atoms with E-state index in [1.165, 1.54) is 0 Å². The standard InChI is InChI=1S/C9H15N3O3S/c10-3-1-4-11-9(13)6-12-8-2-5-16(14,15)7-8/h8,12H,1-2,4-7H2,(H,11,13). The smallest absolute Gasteiger partial charge is 0.233 e. The summed E-state index contributed by atoms with van der Waals surface area (Å²) in [6.45, 7) is 0.436. The van der Waals surface area contributed by atoms with Crippen molar-refractivity contribution in [2.75, 3.05) is 24.6 Å². The van der Waals surface area contributed by atoms with Crippen LogP contribution in [0.2, 0.25) is 0 Å². The van der Waals surface area contributed by atoms with Crippen molar-refractivity contribution in [3.63, 3.8) is 0 Å². The maximum Gasteiger partial charge on any atom is 0.233 e. The van der Waals surface area contributed by atoms with Gasteiger partial charge in [0.15, 0.2) is 9.84 Å². The molecule has 0 aromatic heterocycles. The lowest BCUT2D eigenvalue weighted by Crippen LogP contribution is -2.39. The molecular formula is C9H15N3O3S. The van der Waals surface area contributed by atoms with Gasteiger partial charge in [0.1, 0.15) is 0 Å². The minimum Gasteiger partial charge on any atom is -0.354 e. The van der Waals surface area contributed by atoms with E-state index in [0.29, 0.717) is 13.0 Å². The van der Waals surface area contributed by atoms with Crippen molar-refractivity contribution >= 4 is 15.7 Å². The Hall–Kier alpha value is -1.13. The first-order valence-electron chi connectivity index (χ1n) is 5.11. The Morgan fingerprint density at radius 2 is 2.25 bits per heavy atom. The molecule has 90 valence electrons. The fourth-order valence-corrected chi connectivity index (χ4v) is 3.22. The van der Waals surface area contributed by atoms with Crippen molar-refractivity contribution in [3.8, 4) is 6.07 Å². The van der Waals surface area contributed by atoms with Gasteiger partial charge in [-0.1, -0.05) is 0 Å². The van der Waals surface area contributed by atoms with Gasteiger partial charge in [-0.2, -0.15) is 5.26 Å². The summed E-state index contributed by atoms with van der Waals surface area (Å²) in [5.41, 5.74) is 0. The van der Waals surface area contributed by atoms with Crippen LogP contribution in [0.4, 0.5) is 0 Å². The molecule has 7 heteroatoms. The van der Waals surface area contributed by atoms with Crippen molar-refractivity contribution < 1.29 is 13.2 Å². The zero-order valence-corrected chi connectivity index (χ0v) is 9.72. The molecule has 6 nitrogen and oxygen atoms in total. The summed E-state index contributed by atoms with van der Waals surface area (Å²) < 4.78 is 22.2. The lowest BCUT2D eigenvalue weighted by atomic mass is 10.2. The highest BCUT2D eigenvalue weighted by atomic mass is 32.2. The fraction of sp³-hybridized carbons (Fsp3) is 0.778. The predicted molar refractivity (Wildman–Crippen MR) is 58.3 cm³/mol. The zero-order valence-electron chi connectivity index (χ0n) is 8.90. The SMILES string of the molecule is N#CCCNC(=O)CNC1CCS(=O)(=O)C1. The van der Waals surface area contributed by atoms with E-state index in [1.807, 2.05) is 6.07 Å². The van der Waals surface area contributed by atoms with Gasteiger partial charge in [-0.15, -0.1) is 0 Å². The van der Waals surface area contributed by atoms with Gasteiger partial charge in [-0.05, 0) is 6.42 Å². The topological polar surface area (TPSA) is 99.1 Å². The molecular weight excluding hydrogens is 230 g/mol. The van der Waals surface area contributed by atoms with Crippen molar-refractivity contribution in [1.82, 2.24) is 10.6 Å². The number of carbonyl (C=O) groups is 1. The summed E-state index contributed by atoms with van der Waals surface area (Å²) in [6, 6.07) is 1.80. The molecule has 1 rings (SSSR count). The fourth-order valence-electron chi connectivity index (χ4n) is 1.51. The molecule has 1 fully saturated rings. The lowest BCUT2D eigenvalue weighted by Gasteiger charge is -2.09. The second kappa shape index (κ2) is 5.82. The Morgan fingerprint density at radius 1 is 1.50 bits per heavy atom. The molecule has 1 amide bonds. The highest BCUT2D eigenvalue weighted by molar-refractivity contribution is 7.91. The Balaban J connectivity index is 2.16. The third-order valence-electron chi connectivity index (χ3n) is 2.34. The van der Waals surface area contributed by atoms with Gasteiger partial charge < -0.3 is 10.6 Å². The normalized spacial score (nSPS) is 22.6. The van der Waals surface area contributed by atoms with Crippen LogP contribution >= 0.6 is 0 Å². The molecule has 0 saturated carbocycles. The van der Waals surface area contributed by atoms with Crippen LogP contribution in [0.25, 0.3) is 0 Å². The van der Waals surface area contributed by atoms with Crippen LogP contribution in [0.5, 0.6) is 0 Å². The maximum atomic E-state index is 11.2. The molecule has 16 heavy (non-hydrogen) atoms. The van der Waals surface area contributed by atoms with Crippen molar-refractivity contribution in [2.45, 2.75) is 18.9 Å². The number of sulfone groups is 1. The molecule has 1 atom stereocenters. The van der Waals surface area contributed by atoms with E-state index in [-0.39, 0.29) is 36.4 Å². The van der Waals surface area contributed by atoms with Gasteiger partial charge in [0, 0.05) is 12.6 Å². The minimum absolute atomic E-state index is 0.103. The molecule has 0 aliphatic carbocycles. The summed E-state index contributed by atoms with van der Waals surface area (Å²) in [4.78, 5) is 11.2. The van der Waals surface area contributed by atoms with Crippen LogP contribution in [0.15, 0.2) is 0 Å². The van der Waals surface area contributed by atoms with Gasteiger partial charge >= 0.3 is 0 Å². The number of hydrogen-bond acceptors (Lipinski definition) is 5. The van der Waals surface area contributed by atoms with Gasteiger partial charge in [-0.3, -0.25) is 4.79 Å². The van der Waals surface area contributed by atoms with Crippen LogP contribution in [0, 0.1) is 11.3 Å². The first-order valence-corrected chi connectivity index (χ1v) is 6.93.